The van der Waals surface area contributed by atoms with Crippen molar-refractivity contribution in [3.8, 4) is 11.5 Å². The fraction of sp³-hybridized carbons (Fsp3) is 0.529. The number of ether oxygens (including phenoxy) is 4. The Balaban J connectivity index is 1.45. The van der Waals surface area contributed by atoms with Crippen molar-refractivity contribution < 1.29 is 38.1 Å². The second-order valence-corrected chi connectivity index (χ2v) is 15.0. The average Bonchev–Trinajstić information content (AvgIpc) is 2.98. The monoisotopic (exact) mass is 782 g/mol. The molecule has 0 aromatic heterocycles. The summed E-state index contributed by atoms with van der Waals surface area (Å²) >= 11 is 37.4. The summed E-state index contributed by atoms with van der Waals surface area (Å²) in [6.07, 6.45) is 10.6. The van der Waals surface area contributed by atoms with E-state index in [2.05, 4.69) is 13.8 Å². The summed E-state index contributed by atoms with van der Waals surface area (Å²) in [5.41, 5.74) is -0.907. The average molecular weight is 785 g/mol. The zero-order valence-corrected chi connectivity index (χ0v) is 31.0. The molecule has 2 aromatic carbocycles. The van der Waals surface area contributed by atoms with E-state index < -0.39 is 46.5 Å². The third-order valence-electron chi connectivity index (χ3n) is 8.83. The van der Waals surface area contributed by atoms with E-state index in [0.717, 1.165) is 25.0 Å². The Hall–Kier alpha value is -1.94. The molecule has 0 bridgehead atoms. The zero-order valence-electron chi connectivity index (χ0n) is 26.5. The quantitative estimate of drug-likeness (QED) is 0.0807. The van der Waals surface area contributed by atoms with Gasteiger partial charge in [0.15, 0.2) is 11.5 Å². The molecule has 262 valence electrons. The van der Waals surface area contributed by atoms with Gasteiger partial charge in [-0.2, -0.15) is 0 Å². The molecule has 2 fully saturated rings. The third-order valence-corrected chi connectivity index (χ3v) is 11.0. The number of carbonyl (C=O) groups excluding carboxylic acids is 4. The van der Waals surface area contributed by atoms with Gasteiger partial charge in [0.1, 0.15) is 11.1 Å². The first kappa shape index (κ1) is 38.9. The van der Waals surface area contributed by atoms with Crippen LogP contribution in [0, 0.1) is 23.7 Å². The molecule has 0 radical (unpaired) electrons. The van der Waals surface area contributed by atoms with Gasteiger partial charge in [0, 0.05) is 0 Å². The molecule has 0 spiro atoms. The standard InChI is InChI=1S/C34H36Cl6O8/c1-17(13-19-5-3-6-19)9-11-45-31(41)25-27(39)21(35)15-23(37)29(25)47-33(43)34(44)48-30-24(38)16-22(36)28(40)26(30)32(42)46-12-10-18(2)14-20-7-4-8-20/h15-20H,3-14H2,1-2H3. The van der Waals surface area contributed by atoms with Crippen molar-refractivity contribution in [2.24, 2.45) is 23.7 Å². The van der Waals surface area contributed by atoms with Gasteiger partial charge >= 0.3 is 23.9 Å². The van der Waals surface area contributed by atoms with Gasteiger partial charge in [-0.05, 0) is 61.5 Å². The summed E-state index contributed by atoms with van der Waals surface area (Å²) in [5.74, 6) is -4.31. The Morgan fingerprint density at radius 3 is 1.29 bits per heavy atom. The first-order chi connectivity index (χ1) is 22.8. The van der Waals surface area contributed by atoms with Crippen LogP contribution in [0.1, 0.15) is 98.8 Å². The molecule has 2 unspecified atom stereocenters. The SMILES string of the molecule is CC(CCOC(=O)c1c(Cl)c(Cl)cc(Cl)c1OC(=O)C(=O)Oc1c(Cl)cc(Cl)c(Cl)c1C(=O)OCCC(C)CC1CCC1)CC1CCC1. The number of hydrogen-bond acceptors (Lipinski definition) is 8. The van der Waals surface area contributed by atoms with Crippen molar-refractivity contribution in [3.63, 3.8) is 0 Å². The molecule has 2 aliphatic rings. The summed E-state index contributed by atoms with van der Waals surface area (Å²) in [6, 6.07) is 2.27. The second-order valence-electron chi connectivity index (χ2n) is 12.6. The fourth-order valence-electron chi connectivity index (χ4n) is 5.67. The highest BCUT2D eigenvalue weighted by Crippen LogP contribution is 2.42. The van der Waals surface area contributed by atoms with Gasteiger partial charge in [0.2, 0.25) is 0 Å². The molecule has 2 aromatic rings. The number of esters is 4. The molecule has 4 rings (SSSR count). The van der Waals surface area contributed by atoms with Gasteiger partial charge < -0.3 is 18.9 Å². The Labute approximate surface area is 309 Å². The van der Waals surface area contributed by atoms with E-state index in [1.165, 1.54) is 38.5 Å². The summed E-state index contributed by atoms with van der Waals surface area (Å²) in [6.45, 7) is 4.29. The van der Waals surface area contributed by atoms with Crippen LogP contribution in [0.3, 0.4) is 0 Å². The Morgan fingerprint density at radius 1 is 0.625 bits per heavy atom. The van der Waals surface area contributed by atoms with Gasteiger partial charge in [0.25, 0.3) is 0 Å². The maximum atomic E-state index is 13.1. The largest absolute Gasteiger partial charge is 0.462 e. The summed E-state index contributed by atoms with van der Waals surface area (Å²) in [4.78, 5) is 52.2. The molecule has 0 saturated heterocycles. The van der Waals surface area contributed by atoms with Crippen molar-refractivity contribution in [2.75, 3.05) is 13.2 Å². The van der Waals surface area contributed by atoms with E-state index in [1.54, 1.807) is 0 Å². The number of halogens is 6. The maximum absolute atomic E-state index is 13.1. The number of hydrogen-bond donors (Lipinski definition) is 0. The van der Waals surface area contributed by atoms with Crippen LogP contribution in [-0.4, -0.2) is 37.1 Å². The van der Waals surface area contributed by atoms with Gasteiger partial charge in [0.05, 0.1) is 43.3 Å². The van der Waals surface area contributed by atoms with Crippen LogP contribution < -0.4 is 9.47 Å². The van der Waals surface area contributed by atoms with Crippen LogP contribution in [0.15, 0.2) is 12.1 Å². The molecule has 2 saturated carbocycles. The third kappa shape index (κ3) is 10.1. The fourth-order valence-corrected chi connectivity index (χ4v) is 7.11. The van der Waals surface area contributed by atoms with E-state index in [0.29, 0.717) is 36.5 Å². The number of benzene rings is 2. The minimum atomic E-state index is -1.63. The molecule has 14 heteroatoms. The first-order valence-electron chi connectivity index (χ1n) is 15.9. The van der Waals surface area contributed by atoms with Gasteiger partial charge in [-0.1, -0.05) is 122 Å². The highest BCUT2D eigenvalue weighted by atomic mass is 35.5. The summed E-state index contributed by atoms with van der Waals surface area (Å²) < 4.78 is 21.2. The van der Waals surface area contributed by atoms with Crippen molar-refractivity contribution in [1.82, 2.24) is 0 Å². The molecule has 2 aliphatic carbocycles. The van der Waals surface area contributed by atoms with Crippen LogP contribution in [0.5, 0.6) is 11.5 Å². The number of carbonyl (C=O) groups is 4. The maximum Gasteiger partial charge on any atom is 0.423 e. The summed E-state index contributed by atoms with van der Waals surface area (Å²) in [7, 11) is 0. The van der Waals surface area contributed by atoms with Crippen LogP contribution in [-0.2, 0) is 19.1 Å². The van der Waals surface area contributed by atoms with Crippen molar-refractivity contribution in [2.45, 2.75) is 78.1 Å². The van der Waals surface area contributed by atoms with Crippen LogP contribution in [0.25, 0.3) is 0 Å². The molecule has 0 N–H and O–H groups in total. The second kappa shape index (κ2) is 17.8. The Morgan fingerprint density at radius 2 is 0.979 bits per heavy atom. The van der Waals surface area contributed by atoms with Crippen molar-refractivity contribution >= 4 is 93.5 Å². The lowest BCUT2D eigenvalue weighted by molar-refractivity contribution is -0.156. The molecule has 8 nitrogen and oxygen atoms in total. The number of rotatable bonds is 14. The molecular formula is C34H36Cl6O8. The van der Waals surface area contributed by atoms with Crippen LogP contribution in [0.4, 0.5) is 0 Å². The molecule has 0 heterocycles. The van der Waals surface area contributed by atoms with Crippen molar-refractivity contribution in [1.29, 1.82) is 0 Å². The van der Waals surface area contributed by atoms with Gasteiger partial charge in [-0.3, -0.25) is 0 Å². The Kier molecular flexibility index (Phi) is 14.4. The predicted molar refractivity (Wildman–Crippen MR) is 186 cm³/mol. The summed E-state index contributed by atoms with van der Waals surface area (Å²) in [5, 5.41) is -1.44. The van der Waals surface area contributed by atoms with Crippen LogP contribution >= 0.6 is 69.6 Å². The topological polar surface area (TPSA) is 105 Å². The highest BCUT2D eigenvalue weighted by Gasteiger charge is 2.32. The highest BCUT2D eigenvalue weighted by molar-refractivity contribution is 6.47. The first-order valence-corrected chi connectivity index (χ1v) is 18.2. The zero-order chi connectivity index (χ0) is 35.1. The lowest BCUT2D eigenvalue weighted by Gasteiger charge is -2.28. The molecular weight excluding hydrogens is 749 g/mol. The predicted octanol–water partition coefficient (Wildman–Crippen LogP) is 10.9. The molecule has 0 amide bonds. The smallest absolute Gasteiger partial charge is 0.423 e. The molecule has 0 aliphatic heterocycles. The lowest BCUT2D eigenvalue weighted by atomic mass is 9.79. The van der Waals surface area contributed by atoms with Gasteiger partial charge in [-0.15, -0.1) is 0 Å². The Bertz CT molecular complexity index is 1420. The van der Waals surface area contributed by atoms with Crippen molar-refractivity contribution in [3.05, 3.63) is 53.4 Å². The van der Waals surface area contributed by atoms with E-state index in [9.17, 15) is 19.2 Å². The lowest BCUT2D eigenvalue weighted by Crippen LogP contribution is -2.27. The molecule has 48 heavy (non-hydrogen) atoms. The van der Waals surface area contributed by atoms with Gasteiger partial charge in [-0.25, -0.2) is 19.2 Å². The molecule has 2 atom stereocenters. The minimum Gasteiger partial charge on any atom is -0.462 e. The van der Waals surface area contributed by atoms with Crippen LogP contribution in [0.2, 0.25) is 30.1 Å². The van der Waals surface area contributed by atoms with E-state index in [1.807, 2.05) is 0 Å². The van der Waals surface area contributed by atoms with E-state index in [-0.39, 0.29) is 43.3 Å². The van der Waals surface area contributed by atoms with E-state index in [4.69, 9.17) is 88.6 Å². The normalized spacial score (nSPS) is 15.9. The minimum absolute atomic E-state index is 0.0662. The van der Waals surface area contributed by atoms with E-state index >= 15 is 0 Å².